The van der Waals surface area contributed by atoms with Crippen LogP contribution in [0, 0.1) is 6.92 Å². The average Bonchev–Trinajstić information content (AvgIpc) is 2.18. The summed E-state index contributed by atoms with van der Waals surface area (Å²) >= 11 is 0. The lowest BCUT2D eigenvalue weighted by molar-refractivity contribution is -0.148. The summed E-state index contributed by atoms with van der Waals surface area (Å²) in [7, 11) is 0. The summed E-state index contributed by atoms with van der Waals surface area (Å²) in [4.78, 5) is 11.4. The summed E-state index contributed by atoms with van der Waals surface area (Å²) in [5.74, 6) is -0.287. The molecule has 1 aromatic rings. The Labute approximate surface area is 103 Å². The summed E-state index contributed by atoms with van der Waals surface area (Å²) in [5.41, 5.74) is 2.01. The van der Waals surface area contributed by atoms with Gasteiger partial charge in [0.25, 0.3) is 0 Å². The van der Waals surface area contributed by atoms with E-state index in [-0.39, 0.29) is 5.97 Å². The second-order valence-corrected chi connectivity index (χ2v) is 5.13. The first kappa shape index (κ1) is 13.5. The van der Waals surface area contributed by atoms with E-state index in [0.717, 1.165) is 6.42 Å². The van der Waals surface area contributed by atoms with Crippen LogP contribution < -0.4 is 0 Å². The van der Waals surface area contributed by atoms with E-state index >= 15 is 0 Å². The number of aryl methyl sites for hydroxylation is 1. The van der Waals surface area contributed by atoms with Crippen LogP contribution in [0.2, 0.25) is 0 Å². The van der Waals surface area contributed by atoms with E-state index in [1.54, 1.807) is 0 Å². The van der Waals surface area contributed by atoms with Crippen LogP contribution in [0.25, 0.3) is 0 Å². The van der Waals surface area contributed by atoms with Gasteiger partial charge >= 0.3 is 5.97 Å². The minimum absolute atomic E-state index is 0.287. The molecule has 0 aliphatic rings. The Morgan fingerprint density at radius 1 is 1.24 bits per heavy atom. The Morgan fingerprint density at radius 2 is 1.82 bits per heavy atom. The maximum absolute atomic E-state index is 11.4. The first-order valence-corrected chi connectivity index (χ1v) is 5.82. The molecule has 0 fully saturated rings. The number of rotatable bonds is 3. The van der Waals surface area contributed by atoms with E-state index < -0.39 is 5.60 Å². The zero-order valence-corrected chi connectivity index (χ0v) is 11.0. The molecule has 0 aliphatic carbocycles. The van der Waals surface area contributed by atoms with Crippen molar-refractivity contribution >= 4 is 5.97 Å². The fraction of sp³-hybridized carbons (Fsp3) is 0.400. The van der Waals surface area contributed by atoms with Gasteiger partial charge in [-0.05, 0) is 39.7 Å². The summed E-state index contributed by atoms with van der Waals surface area (Å²) in [5, 5.41) is 0. The van der Waals surface area contributed by atoms with E-state index in [2.05, 4.69) is 31.2 Å². The quantitative estimate of drug-likeness (QED) is 0.589. The van der Waals surface area contributed by atoms with Crippen LogP contribution in [0.4, 0.5) is 0 Å². The van der Waals surface area contributed by atoms with Gasteiger partial charge in [0.05, 0.1) is 0 Å². The average molecular weight is 232 g/mol. The second-order valence-electron chi connectivity index (χ2n) is 5.13. The lowest BCUT2D eigenvalue weighted by atomic mass is 10.1. The molecule has 2 nitrogen and oxygen atoms in total. The van der Waals surface area contributed by atoms with Crippen LogP contribution >= 0.6 is 0 Å². The van der Waals surface area contributed by atoms with Crippen molar-refractivity contribution in [3.63, 3.8) is 0 Å². The highest BCUT2D eigenvalue weighted by Gasteiger charge is 2.13. The highest BCUT2D eigenvalue weighted by atomic mass is 16.6. The van der Waals surface area contributed by atoms with Gasteiger partial charge in [0, 0.05) is 6.08 Å². The number of benzene rings is 1. The molecule has 0 radical (unpaired) electrons. The molecule has 0 aliphatic heterocycles. The number of ether oxygens (including phenoxy) is 1. The van der Waals surface area contributed by atoms with Gasteiger partial charge in [0.15, 0.2) is 0 Å². The molecule has 0 amide bonds. The summed E-state index contributed by atoms with van der Waals surface area (Å²) < 4.78 is 5.17. The van der Waals surface area contributed by atoms with Crippen LogP contribution in [-0.2, 0) is 16.0 Å². The predicted molar refractivity (Wildman–Crippen MR) is 69.9 cm³/mol. The van der Waals surface area contributed by atoms with Gasteiger partial charge < -0.3 is 4.74 Å². The van der Waals surface area contributed by atoms with E-state index in [4.69, 9.17) is 4.74 Å². The number of carbonyl (C=O) groups is 1. The van der Waals surface area contributed by atoms with Crippen molar-refractivity contribution in [2.75, 3.05) is 0 Å². The lowest BCUT2D eigenvalue weighted by Crippen LogP contribution is -2.22. The molecule has 0 heterocycles. The van der Waals surface area contributed by atoms with Gasteiger partial charge in [-0.1, -0.05) is 35.9 Å². The number of carbonyl (C=O) groups excluding carboxylic acids is 1. The minimum atomic E-state index is -0.425. The maximum atomic E-state index is 11.4. The van der Waals surface area contributed by atoms with Gasteiger partial charge in [-0.15, -0.1) is 0 Å². The first-order valence-electron chi connectivity index (χ1n) is 5.82. The predicted octanol–water partition coefficient (Wildman–Crippen LogP) is 3.44. The van der Waals surface area contributed by atoms with E-state index in [1.165, 1.54) is 17.2 Å². The van der Waals surface area contributed by atoms with E-state index in [1.807, 2.05) is 26.8 Å². The molecular formula is C15H20O2. The molecule has 0 atom stereocenters. The van der Waals surface area contributed by atoms with Gasteiger partial charge in [-0.2, -0.15) is 0 Å². The number of hydrogen-bond donors (Lipinski definition) is 0. The smallest absolute Gasteiger partial charge is 0.330 e. The van der Waals surface area contributed by atoms with Gasteiger partial charge in [0.2, 0.25) is 0 Å². The third kappa shape index (κ3) is 5.91. The standard InChI is InChI=1S/C15H20O2/c1-12-8-10-13(11-9-12)6-5-7-14(16)17-15(2,3)4/h5,7-11H,6H2,1-4H3/b7-5+. The highest BCUT2D eigenvalue weighted by molar-refractivity contribution is 5.82. The Hall–Kier alpha value is -1.57. The van der Waals surface area contributed by atoms with Crippen LogP contribution in [0.3, 0.4) is 0 Å². The molecule has 1 aromatic carbocycles. The highest BCUT2D eigenvalue weighted by Crippen LogP contribution is 2.08. The van der Waals surface area contributed by atoms with Gasteiger partial charge in [-0.3, -0.25) is 0 Å². The molecule has 1 rings (SSSR count). The molecule has 17 heavy (non-hydrogen) atoms. The van der Waals surface area contributed by atoms with Crippen molar-refractivity contribution in [2.45, 2.75) is 39.7 Å². The second kappa shape index (κ2) is 5.67. The Balaban J connectivity index is 2.45. The molecule has 0 spiro atoms. The fourth-order valence-corrected chi connectivity index (χ4v) is 1.35. The Kier molecular flexibility index (Phi) is 4.50. The number of hydrogen-bond acceptors (Lipinski definition) is 2. The number of esters is 1. The minimum Gasteiger partial charge on any atom is -0.457 e. The molecule has 0 unspecified atom stereocenters. The summed E-state index contributed by atoms with van der Waals surface area (Å²) in [6, 6.07) is 8.26. The number of allylic oxidation sites excluding steroid dienone is 1. The molecule has 0 N–H and O–H groups in total. The molecule has 2 heteroatoms. The first-order chi connectivity index (χ1) is 7.87. The molecule has 0 saturated heterocycles. The zero-order valence-electron chi connectivity index (χ0n) is 11.0. The molecule has 92 valence electrons. The normalized spacial score (nSPS) is 11.8. The third-order valence-corrected chi connectivity index (χ3v) is 2.13. The van der Waals surface area contributed by atoms with Crippen LogP contribution in [0.15, 0.2) is 36.4 Å². The molecular weight excluding hydrogens is 212 g/mol. The van der Waals surface area contributed by atoms with Crippen molar-refractivity contribution < 1.29 is 9.53 Å². The largest absolute Gasteiger partial charge is 0.457 e. The van der Waals surface area contributed by atoms with Crippen LogP contribution in [0.5, 0.6) is 0 Å². The Morgan fingerprint density at radius 3 is 2.35 bits per heavy atom. The zero-order chi connectivity index (χ0) is 12.9. The summed E-state index contributed by atoms with van der Waals surface area (Å²) in [6.07, 6.45) is 4.07. The van der Waals surface area contributed by atoms with Crippen LogP contribution in [-0.4, -0.2) is 11.6 Å². The Bertz CT molecular complexity index is 394. The molecule has 0 saturated carbocycles. The lowest BCUT2D eigenvalue weighted by Gasteiger charge is -2.17. The fourth-order valence-electron chi connectivity index (χ4n) is 1.35. The summed E-state index contributed by atoms with van der Waals surface area (Å²) in [6.45, 7) is 7.64. The van der Waals surface area contributed by atoms with Crippen molar-refractivity contribution in [1.29, 1.82) is 0 Å². The van der Waals surface area contributed by atoms with Crippen molar-refractivity contribution in [2.24, 2.45) is 0 Å². The van der Waals surface area contributed by atoms with E-state index in [9.17, 15) is 4.79 Å². The van der Waals surface area contributed by atoms with Crippen molar-refractivity contribution in [1.82, 2.24) is 0 Å². The molecule has 0 bridgehead atoms. The monoisotopic (exact) mass is 232 g/mol. The third-order valence-electron chi connectivity index (χ3n) is 2.13. The van der Waals surface area contributed by atoms with Crippen molar-refractivity contribution in [3.05, 3.63) is 47.5 Å². The SMILES string of the molecule is Cc1ccc(C/C=C/C(=O)OC(C)(C)C)cc1. The maximum Gasteiger partial charge on any atom is 0.330 e. The van der Waals surface area contributed by atoms with Crippen molar-refractivity contribution in [3.8, 4) is 0 Å². The topological polar surface area (TPSA) is 26.3 Å². The van der Waals surface area contributed by atoms with Crippen LogP contribution in [0.1, 0.15) is 31.9 Å². The van der Waals surface area contributed by atoms with Gasteiger partial charge in [0.1, 0.15) is 5.60 Å². The van der Waals surface area contributed by atoms with E-state index in [0.29, 0.717) is 0 Å². The molecule has 0 aromatic heterocycles. The van der Waals surface area contributed by atoms with Gasteiger partial charge in [-0.25, -0.2) is 4.79 Å².